The summed E-state index contributed by atoms with van der Waals surface area (Å²) >= 11 is 5.88. The second-order valence-corrected chi connectivity index (χ2v) is 5.39. The number of azo groups is 1. The molecule has 0 saturated carbocycles. The molecule has 1 N–H and O–H groups in total. The lowest BCUT2D eigenvalue weighted by Crippen LogP contribution is -2.00. The highest BCUT2D eigenvalue weighted by molar-refractivity contribution is 6.30. The maximum atomic E-state index is 5.88. The van der Waals surface area contributed by atoms with Crippen molar-refractivity contribution < 1.29 is 0 Å². The first-order chi connectivity index (χ1) is 11.8. The van der Waals surface area contributed by atoms with Crippen LogP contribution >= 0.6 is 11.6 Å². The number of benzene rings is 3. The maximum Gasteiger partial charge on any atom is 0.201 e. The first-order valence-corrected chi connectivity index (χ1v) is 7.80. The third-order valence-corrected chi connectivity index (χ3v) is 3.44. The van der Waals surface area contributed by atoms with Gasteiger partial charge in [-0.2, -0.15) is 5.10 Å². The number of hydrogen-bond acceptors (Lipinski definition) is 3. The molecule has 0 aliphatic rings. The lowest BCUT2D eigenvalue weighted by Gasteiger charge is -2.03. The third kappa shape index (κ3) is 4.51. The van der Waals surface area contributed by atoms with E-state index in [1.807, 2.05) is 60.7 Å². The van der Waals surface area contributed by atoms with Crippen LogP contribution in [0.1, 0.15) is 5.56 Å². The Bertz CT molecular complexity index is 828. The molecular formula is C19H15ClN4. The third-order valence-electron chi connectivity index (χ3n) is 3.18. The Balaban J connectivity index is 1.86. The number of hydrogen-bond donors (Lipinski definition) is 1. The van der Waals surface area contributed by atoms with Crippen molar-refractivity contribution in [3.8, 4) is 0 Å². The summed E-state index contributed by atoms with van der Waals surface area (Å²) in [5, 5.41) is 13.6. The second-order valence-electron chi connectivity index (χ2n) is 4.96. The predicted molar refractivity (Wildman–Crippen MR) is 99.0 cm³/mol. The minimum atomic E-state index is 0.495. The Hall–Kier alpha value is -2.98. The molecule has 0 unspecified atom stereocenters. The molecule has 118 valence electrons. The number of para-hydroxylation sites is 1. The van der Waals surface area contributed by atoms with Crippen LogP contribution in [-0.2, 0) is 0 Å². The van der Waals surface area contributed by atoms with Crippen LogP contribution in [0.5, 0.6) is 0 Å². The van der Waals surface area contributed by atoms with Gasteiger partial charge in [0.1, 0.15) is 0 Å². The number of halogens is 1. The lowest BCUT2D eigenvalue weighted by molar-refractivity contribution is 1.22. The molecule has 0 aromatic heterocycles. The van der Waals surface area contributed by atoms with Gasteiger partial charge in [0.05, 0.1) is 11.4 Å². The smallest absolute Gasteiger partial charge is 0.201 e. The number of amidine groups is 1. The normalized spacial score (nSPS) is 11.6. The number of nitrogens with one attached hydrogen (secondary N) is 1. The zero-order chi connectivity index (χ0) is 16.6. The van der Waals surface area contributed by atoms with Crippen molar-refractivity contribution in [1.29, 1.82) is 0 Å². The Labute approximate surface area is 145 Å². The average Bonchev–Trinajstić information content (AvgIpc) is 2.65. The van der Waals surface area contributed by atoms with E-state index in [-0.39, 0.29) is 0 Å². The average molecular weight is 335 g/mol. The van der Waals surface area contributed by atoms with E-state index >= 15 is 0 Å². The molecule has 0 amide bonds. The van der Waals surface area contributed by atoms with Gasteiger partial charge in [0.2, 0.25) is 5.84 Å². The molecular weight excluding hydrogens is 320 g/mol. The van der Waals surface area contributed by atoms with E-state index in [1.165, 1.54) is 0 Å². The Morgan fingerprint density at radius 1 is 0.750 bits per heavy atom. The lowest BCUT2D eigenvalue weighted by atomic mass is 10.2. The molecule has 0 heterocycles. The molecule has 0 saturated heterocycles. The van der Waals surface area contributed by atoms with Gasteiger partial charge >= 0.3 is 0 Å². The van der Waals surface area contributed by atoms with Crippen LogP contribution in [0.15, 0.2) is 100 Å². The van der Waals surface area contributed by atoms with Crippen LogP contribution in [-0.4, -0.2) is 5.84 Å². The predicted octanol–water partition coefficient (Wildman–Crippen LogP) is 5.90. The monoisotopic (exact) mass is 334 g/mol. The molecule has 5 heteroatoms. The number of anilines is 1. The molecule has 0 radical (unpaired) electrons. The van der Waals surface area contributed by atoms with Gasteiger partial charge in [-0.05, 0) is 36.4 Å². The van der Waals surface area contributed by atoms with E-state index in [1.54, 1.807) is 24.3 Å². The van der Waals surface area contributed by atoms with Crippen molar-refractivity contribution in [2.24, 2.45) is 15.3 Å². The van der Waals surface area contributed by atoms with E-state index in [9.17, 15) is 0 Å². The molecule has 0 aliphatic heterocycles. The van der Waals surface area contributed by atoms with Gasteiger partial charge < -0.3 is 0 Å². The molecule has 3 aromatic carbocycles. The number of nitrogens with zero attached hydrogens (tertiary/aromatic N) is 3. The topological polar surface area (TPSA) is 49.1 Å². The molecule has 0 bridgehead atoms. The summed E-state index contributed by atoms with van der Waals surface area (Å²) in [5.41, 5.74) is 5.47. The summed E-state index contributed by atoms with van der Waals surface area (Å²) in [6.45, 7) is 0. The highest BCUT2D eigenvalue weighted by atomic mass is 35.5. The molecule has 3 aromatic rings. The zero-order valence-electron chi connectivity index (χ0n) is 12.8. The molecule has 4 nitrogen and oxygen atoms in total. The SMILES string of the molecule is Clc1ccc(N=NC(=NNc2ccccc2)c2ccccc2)cc1. The van der Waals surface area contributed by atoms with Gasteiger partial charge in [-0.1, -0.05) is 60.1 Å². The standard InChI is InChI=1S/C19H15ClN4/c20-16-11-13-18(14-12-16)22-24-19(15-7-3-1-4-8-15)23-21-17-9-5-2-6-10-17/h1-14,21H. The van der Waals surface area contributed by atoms with Gasteiger partial charge in [-0.3, -0.25) is 5.43 Å². The highest BCUT2D eigenvalue weighted by Gasteiger charge is 2.02. The molecule has 3 rings (SSSR count). The summed E-state index contributed by atoms with van der Waals surface area (Å²) < 4.78 is 0. The van der Waals surface area contributed by atoms with Gasteiger partial charge in [-0.25, -0.2) is 0 Å². The van der Waals surface area contributed by atoms with E-state index in [2.05, 4.69) is 20.8 Å². The fourth-order valence-electron chi connectivity index (χ4n) is 1.97. The van der Waals surface area contributed by atoms with Crippen molar-refractivity contribution in [2.75, 3.05) is 5.43 Å². The van der Waals surface area contributed by atoms with Gasteiger partial charge in [0, 0.05) is 10.6 Å². The van der Waals surface area contributed by atoms with E-state index in [4.69, 9.17) is 11.6 Å². The zero-order valence-corrected chi connectivity index (χ0v) is 13.6. The highest BCUT2D eigenvalue weighted by Crippen LogP contribution is 2.17. The minimum Gasteiger partial charge on any atom is -0.276 e. The summed E-state index contributed by atoms with van der Waals surface area (Å²) in [6, 6.07) is 26.5. The van der Waals surface area contributed by atoms with Crippen LogP contribution in [0.25, 0.3) is 0 Å². The second kappa shape index (κ2) is 8.04. The molecule has 24 heavy (non-hydrogen) atoms. The summed E-state index contributed by atoms with van der Waals surface area (Å²) in [5.74, 6) is 0.495. The quantitative estimate of drug-likeness (QED) is 0.274. The van der Waals surface area contributed by atoms with Gasteiger partial charge in [-0.15, -0.1) is 10.2 Å². The van der Waals surface area contributed by atoms with Crippen LogP contribution in [0.4, 0.5) is 11.4 Å². The molecule has 0 fully saturated rings. The number of rotatable bonds is 4. The van der Waals surface area contributed by atoms with E-state index in [0.717, 1.165) is 11.3 Å². The van der Waals surface area contributed by atoms with Gasteiger partial charge in [0.25, 0.3) is 0 Å². The van der Waals surface area contributed by atoms with Crippen molar-refractivity contribution >= 4 is 28.8 Å². The molecule has 0 aliphatic carbocycles. The maximum absolute atomic E-state index is 5.88. The van der Waals surface area contributed by atoms with E-state index < -0.39 is 0 Å². The summed E-state index contributed by atoms with van der Waals surface area (Å²) in [4.78, 5) is 0. The van der Waals surface area contributed by atoms with Crippen molar-refractivity contribution in [1.82, 2.24) is 0 Å². The van der Waals surface area contributed by atoms with Crippen molar-refractivity contribution in [2.45, 2.75) is 0 Å². The van der Waals surface area contributed by atoms with Crippen LogP contribution in [0.2, 0.25) is 5.02 Å². The Morgan fingerprint density at radius 3 is 2.04 bits per heavy atom. The van der Waals surface area contributed by atoms with Crippen LogP contribution < -0.4 is 5.43 Å². The number of hydrazone groups is 1. The fourth-order valence-corrected chi connectivity index (χ4v) is 2.10. The first kappa shape index (κ1) is 15.9. The van der Waals surface area contributed by atoms with Crippen molar-refractivity contribution in [3.63, 3.8) is 0 Å². The summed E-state index contributed by atoms with van der Waals surface area (Å²) in [6.07, 6.45) is 0. The van der Waals surface area contributed by atoms with Crippen molar-refractivity contribution in [3.05, 3.63) is 95.5 Å². The largest absolute Gasteiger partial charge is 0.276 e. The van der Waals surface area contributed by atoms with E-state index in [0.29, 0.717) is 16.5 Å². The Kier molecular flexibility index (Phi) is 5.32. The van der Waals surface area contributed by atoms with Crippen LogP contribution in [0.3, 0.4) is 0 Å². The van der Waals surface area contributed by atoms with Crippen LogP contribution in [0, 0.1) is 0 Å². The summed E-state index contributed by atoms with van der Waals surface area (Å²) in [7, 11) is 0. The fraction of sp³-hybridized carbons (Fsp3) is 0. The first-order valence-electron chi connectivity index (χ1n) is 7.43. The molecule has 0 spiro atoms. The molecule has 0 atom stereocenters. The Morgan fingerprint density at radius 2 is 1.38 bits per heavy atom. The minimum absolute atomic E-state index is 0.495. The van der Waals surface area contributed by atoms with Gasteiger partial charge in [0.15, 0.2) is 0 Å².